The fourth-order valence-electron chi connectivity index (χ4n) is 9.74. The molecule has 10 heteroatoms. The van der Waals surface area contributed by atoms with E-state index in [-0.39, 0.29) is 24.8 Å². The fourth-order valence-corrected chi connectivity index (χ4v) is 9.74. The van der Waals surface area contributed by atoms with Gasteiger partial charge >= 0.3 is 11.9 Å². The van der Waals surface area contributed by atoms with Crippen LogP contribution in [0.4, 0.5) is 5.69 Å². The molecule has 5 aliphatic rings. The van der Waals surface area contributed by atoms with Crippen molar-refractivity contribution in [1.29, 1.82) is 0 Å². The van der Waals surface area contributed by atoms with Gasteiger partial charge < -0.3 is 28.6 Å². The molecule has 0 amide bonds. The highest BCUT2D eigenvalue weighted by Gasteiger charge is 2.92. The molecule has 7 rings (SSSR count). The molecule has 4 heterocycles. The van der Waals surface area contributed by atoms with Crippen molar-refractivity contribution in [3.8, 4) is 17.2 Å². The lowest BCUT2D eigenvalue weighted by Crippen LogP contribution is -2.83. The van der Waals surface area contributed by atoms with E-state index in [1.165, 1.54) is 21.3 Å². The van der Waals surface area contributed by atoms with Gasteiger partial charge in [-0.25, -0.2) is 4.79 Å². The van der Waals surface area contributed by atoms with Crippen LogP contribution in [-0.2, 0) is 24.4 Å². The molecule has 1 spiro atoms. The van der Waals surface area contributed by atoms with E-state index in [2.05, 4.69) is 25.1 Å². The molecule has 3 saturated heterocycles. The molecule has 228 valence electrons. The largest absolute Gasteiger partial charge is 0.497 e. The zero-order valence-electron chi connectivity index (χ0n) is 25.8. The highest BCUT2D eigenvalue weighted by atomic mass is 16.6. The summed E-state index contributed by atoms with van der Waals surface area (Å²) in [5.74, 6) is 0.437. The number of hydrogen-bond acceptors (Lipinski definition) is 9. The third kappa shape index (κ3) is 3.01. The van der Waals surface area contributed by atoms with Crippen LogP contribution in [0.25, 0.3) is 0 Å². The molecule has 0 radical (unpaired) electrons. The standard InChI is InChI=1S/C33H39N2O8/c1-8-19-17-35(3)27-15-22(19)31(30(37)41-7,18-42-29(36)20-9-12-25(39-5)26(13-20)40-6)32-16-28(35)43-33(27,32)34(2)24-11-10-21(38-4)14-23(24)32/h8-14,22,27-28H,15-18H2,1-7H3/q+1/b19-8-/t22-,27-,28-,31?,32-,33-,35?/m0/s1. The quantitative estimate of drug-likeness (QED) is 0.272. The van der Waals surface area contributed by atoms with Crippen LogP contribution >= 0.6 is 0 Å². The SMILES string of the molecule is C/C=C1/C[N+]2(C)[C@@H]3C[C@@]45c6cc(OC)ccc6N(C)[C@]4(O3)[C@@H]2C[C@@H]1C5(COC(=O)c1ccc(OC)c(OC)c1)C(=O)OC. The predicted octanol–water partition coefficient (Wildman–Crippen LogP) is 3.67. The van der Waals surface area contributed by atoms with E-state index in [9.17, 15) is 9.59 Å². The zero-order valence-corrected chi connectivity index (χ0v) is 25.8. The van der Waals surface area contributed by atoms with Gasteiger partial charge in [-0.2, -0.15) is 0 Å². The number of anilines is 1. The second-order valence-corrected chi connectivity index (χ2v) is 12.6. The highest BCUT2D eigenvalue weighted by molar-refractivity contribution is 5.91. The maximum absolute atomic E-state index is 14.6. The van der Waals surface area contributed by atoms with E-state index < -0.39 is 28.5 Å². The summed E-state index contributed by atoms with van der Waals surface area (Å²) in [6.07, 6.45) is 3.27. The van der Waals surface area contributed by atoms with Crippen molar-refractivity contribution in [2.24, 2.45) is 11.3 Å². The number of quaternary nitrogens is 1. The van der Waals surface area contributed by atoms with Crippen LogP contribution in [0.3, 0.4) is 0 Å². The van der Waals surface area contributed by atoms with Gasteiger partial charge in [0.25, 0.3) is 0 Å². The van der Waals surface area contributed by atoms with Crippen LogP contribution in [0, 0.1) is 11.3 Å². The lowest BCUT2D eigenvalue weighted by atomic mass is 9.41. The van der Waals surface area contributed by atoms with E-state index >= 15 is 0 Å². The number of esters is 2. The monoisotopic (exact) mass is 591 g/mol. The molecule has 4 aliphatic heterocycles. The number of ether oxygens (including phenoxy) is 6. The van der Waals surface area contributed by atoms with Gasteiger partial charge in [-0.1, -0.05) is 6.08 Å². The Morgan fingerprint density at radius 3 is 2.51 bits per heavy atom. The number of likely N-dealkylation sites (N-methyl/N-ethyl adjacent to an activating group) is 2. The molecule has 2 aromatic rings. The molecule has 2 unspecified atom stereocenters. The molecule has 4 fully saturated rings. The fraction of sp³-hybridized carbons (Fsp3) is 0.515. The summed E-state index contributed by atoms with van der Waals surface area (Å²) in [7, 11) is 10.5. The molecule has 1 saturated carbocycles. The molecule has 1 aliphatic carbocycles. The Kier molecular flexibility index (Phi) is 5.95. The van der Waals surface area contributed by atoms with E-state index in [0.717, 1.165) is 27.9 Å². The smallest absolute Gasteiger partial charge is 0.338 e. The van der Waals surface area contributed by atoms with E-state index in [1.54, 1.807) is 25.3 Å². The normalized spacial score (nSPS) is 36.8. The van der Waals surface area contributed by atoms with Crippen molar-refractivity contribution >= 4 is 17.6 Å². The molecular formula is C33H39N2O8+. The van der Waals surface area contributed by atoms with Crippen LogP contribution in [0.2, 0.25) is 0 Å². The maximum Gasteiger partial charge on any atom is 0.338 e. The number of carbonyl (C=O) groups excluding carboxylic acids is 2. The van der Waals surface area contributed by atoms with Gasteiger partial charge in [-0.05, 0) is 54.5 Å². The molecule has 43 heavy (non-hydrogen) atoms. The minimum Gasteiger partial charge on any atom is -0.497 e. The summed E-state index contributed by atoms with van der Waals surface area (Å²) in [4.78, 5) is 30.6. The average molecular weight is 592 g/mol. The van der Waals surface area contributed by atoms with Crippen molar-refractivity contribution in [2.75, 3.05) is 60.6 Å². The zero-order chi connectivity index (χ0) is 30.5. The average Bonchev–Trinajstić information content (AvgIpc) is 3.62. The van der Waals surface area contributed by atoms with Crippen LogP contribution in [0.5, 0.6) is 17.2 Å². The lowest BCUT2D eigenvalue weighted by molar-refractivity contribution is -0.960. The second-order valence-electron chi connectivity index (χ2n) is 12.6. The van der Waals surface area contributed by atoms with Gasteiger partial charge in [0.15, 0.2) is 17.7 Å². The predicted molar refractivity (Wildman–Crippen MR) is 156 cm³/mol. The third-order valence-corrected chi connectivity index (χ3v) is 11.5. The topological polar surface area (TPSA) is 92.8 Å². The molecule has 10 nitrogen and oxygen atoms in total. The minimum atomic E-state index is -1.27. The van der Waals surface area contributed by atoms with Crippen molar-refractivity contribution in [3.63, 3.8) is 0 Å². The first-order valence-electron chi connectivity index (χ1n) is 14.7. The summed E-state index contributed by atoms with van der Waals surface area (Å²) >= 11 is 0. The van der Waals surface area contributed by atoms with Crippen LogP contribution in [0.1, 0.15) is 35.7 Å². The van der Waals surface area contributed by atoms with E-state index in [4.69, 9.17) is 28.4 Å². The number of carbonyl (C=O) groups is 2. The van der Waals surface area contributed by atoms with Gasteiger partial charge in [0.1, 0.15) is 30.4 Å². The van der Waals surface area contributed by atoms with E-state index in [1.807, 2.05) is 25.1 Å². The van der Waals surface area contributed by atoms with Gasteiger partial charge in [0.05, 0.1) is 46.5 Å². The summed E-state index contributed by atoms with van der Waals surface area (Å²) in [6, 6.07) is 11.0. The molecule has 0 N–H and O–H groups in total. The Hall–Kier alpha value is -3.76. The Labute approximate surface area is 251 Å². The summed E-state index contributed by atoms with van der Waals surface area (Å²) in [5, 5.41) is 0. The Balaban J connectivity index is 1.44. The number of rotatable bonds is 7. The molecule has 7 atom stereocenters. The summed E-state index contributed by atoms with van der Waals surface area (Å²) < 4.78 is 36.4. The first-order chi connectivity index (χ1) is 20.6. The first kappa shape index (κ1) is 28.0. The number of fused-ring (bicyclic) bond motifs is 4. The molecular weight excluding hydrogens is 552 g/mol. The number of methoxy groups -OCH3 is 4. The van der Waals surface area contributed by atoms with Crippen molar-refractivity contribution in [1.82, 2.24) is 0 Å². The number of allylic oxidation sites excluding steroid dienone is 1. The van der Waals surface area contributed by atoms with Gasteiger partial charge in [-0.3, -0.25) is 14.0 Å². The molecule has 4 bridgehead atoms. The van der Waals surface area contributed by atoms with Gasteiger partial charge in [0, 0.05) is 31.5 Å². The van der Waals surface area contributed by atoms with Gasteiger partial charge in [-0.15, -0.1) is 0 Å². The first-order valence-corrected chi connectivity index (χ1v) is 14.7. The molecule has 0 aromatic heterocycles. The van der Waals surface area contributed by atoms with Crippen LogP contribution in [-0.4, -0.2) is 90.1 Å². The Morgan fingerprint density at radius 2 is 1.84 bits per heavy atom. The molecule has 2 aromatic carbocycles. The number of hydrogen-bond donors (Lipinski definition) is 0. The summed E-state index contributed by atoms with van der Waals surface area (Å²) in [5.41, 5.74) is 0.457. The second kappa shape index (κ2) is 9.12. The van der Waals surface area contributed by atoms with Gasteiger partial charge in [0.2, 0.25) is 5.72 Å². The highest BCUT2D eigenvalue weighted by Crippen LogP contribution is 2.79. The number of benzene rings is 2. The number of piperidine rings is 2. The van der Waals surface area contributed by atoms with Crippen molar-refractivity contribution in [2.45, 2.75) is 43.2 Å². The van der Waals surface area contributed by atoms with Crippen molar-refractivity contribution < 1.29 is 42.5 Å². The maximum atomic E-state index is 14.6. The summed E-state index contributed by atoms with van der Waals surface area (Å²) in [6.45, 7) is 2.61. The number of nitrogens with zero attached hydrogens (tertiary/aromatic N) is 2. The van der Waals surface area contributed by atoms with E-state index in [0.29, 0.717) is 35.7 Å². The minimum absolute atomic E-state index is 0.0997. The van der Waals surface area contributed by atoms with Crippen molar-refractivity contribution in [3.05, 3.63) is 59.2 Å². The third-order valence-electron chi connectivity index (χ3n) is 11.5. The van der Waals surface area contributed by atoms with Crippen LogP contribution < -0.4 is 19.1 Å². The Morgan fingerprint density at radius 1 is 1.07 bits per heavy atom. The Bertz CT molecular complexity index is 1570. The van der Waals surface area contributed by atoms with Crippen LogP contribution in [0.15, 0.2) is 48.0 Å². The lowest BCUT2D eigenvalue weighted by Gasteiger charge is -2.66.